The molecule has 0 saturated heterocycles. The summed E-state index contributed by atoms with van der Waals surface area (Å²) in [4.78, 5) is 4.10. The van der Waals surface area contributed by atoms with Crippen LogP contribution < -0.4 is 5.43 Å². The van der Waals surface area contributed by atoms with E-state index < -0.39 is 0 Å². The summed E-state index contributed by atoms with van der Waals surface area (Å²) in [6.07, 6.45) is 1.83. The highest BCUT2D eigenvalue weighted by molar-refractivity contribution is 5.85. The van der Waals surface area contributed by atoms with Crippen LogP contribution in [-0.2, 0) is 0 Å². The van der Waals surface area contributed by atoms with Crippen LogP contribution >= 0.6 is 12.4 Å². The standard InChI is InChI=1S/C9H11N3.ClH/c1-2-4-9(5-3-1)11-12-7-6-10-8-12;/h1-5,8,11H,6-7H2;1H. The number of anilines is 1. The second kappa shape index (κ2) is 4.72. The van der Waals surface area contributed by atoms with Crippen LogP contribution in [0.25, 0.3) is 0 Å². The van der Waals surface area contributed by atoms with E-state index in [1.165, 1.54) is 0 Å². The SMILES string of the molecule is C1=NCCN1Nc1ccccc1.Cl. The Morgan fingerprint density at radius 3 is 2.62 bits per heavy atom. The molecule has 1 aliphatic rings. The number of hydrogen-bond donors (Lipinski definition) is 1. The minimum Gasteiger partial charge on any atom is -0.298 e. The van der Waals surface area contributed by atoms with Crippen molar-refractivity contribution >= 4 is 24.4 Å². The molecule has 1 aromatic rings. The molecule has 1 heterocycles. The third-order valence-electron chi connectivity index (χ3n) is 1.74. The van der Waals surface area contributed by atoms with Crippen LogP contribution in [0.2, 0.25) is 0 Å². The monoisotopic (exact) mass is 197 g/mol. The van der Waals surface area contributed by atoms with Crippen LogP contribution in [-0.4, -0.2) is 24.4 Å². The molecule has 13 heavy (non-hydrogen) atoms. The maximum Gasteiger partial charge on any atom is 0.104 e. The first-order valence-corrected chi connectivity index (χ1v) is 4.03. The highest BCUT2D eigenvalue weighted by atomic mass is 35.5. The molecule has 0 aromatic heterocycles. The van der Waals surface area contributed by atoms with E-state index in [-0.39, 0.29) is 12.4 Å². The summed E-state index contributed by atoms with van der Waals surface area (Å²) < 4.78 is 0. The van der Waals surface area contributed by atoms with E-state index >= 15 is 0 Å². The van der Waals surface area contributed by atoms with Crippen LogP contribution in [0.15, 0.2) is 35.3 Å². The summed E-state index contributed by atoms with van der Waals surface area (Å²) in [5.41, 5.74) is 4.33. The second-order valence-corrected chi connectivity index (χ2v) is 2.69. The molecule has 0 radical (unpaired) electrons. The molecule has 0 atom stereocenters. The lowest BCUT2D eigenvalue weighted by molar-refractivity contribution is 0.557. The van der Waals surface area contributed by atoms with Gasteiger partial charge in [-0.1, -0.05) is 18.2 Å². The zero-order valence-corrected chi connectivity index (χ0v) is 8.00. The molecule has 0 fully saturated rings. The van der Waals surface area contributed by atoms with Crippen molar-refractivity contribution in [3.05, 3.63) is 30.3 Å². The van der Waals surface area contributed by atoms with E-state index in [0.29, 0.717) is 0 Å². The van der Waals surface area contributed by atoms with Gasteiger partial charge in [0.15, 0.2) is 0 Å². The highest BCUT2D eigenvalue weighted by Crippen LogP contribution is 2.06. The quantitative estimate of drug-likeness (QED) is 0.783. The Kier molecular flexibility index (Phi) is 3.58. The number of nitrogens with zero attached hydrogens (tertiary/aromatic N) is 2. The van der Waals surface area contributed by atoms with Gasteiger partial charge in [0.2, 0.25) is 0 Å². The molecule has 1 aliphatic heterocycles. The minimum atomic E-state index is 0. The predicted octanol–water partition coefficient (Wildman–Crippen LogP) is 1.78. The van der Waals surface area contributed by atoms with Crippen molar-refractivity contribution in [1.29, 1.82) is 0 Å². The van der Waals surface area contributed by atoms with Crippen molar-refractivity contribution in [3.8, 4) is 0 Å². The van der Waals surface area contributed by atoms with Crippen molar-refractivity contribution in [1.82, 2.24) is 5.01 Å². The first-order valence-electron chi connectivity index (χ1n) is 4.03. The maximum atomic E-state index is 4.10. The largest absolute Gasteiger partial charge is 0.298 e. The summed E-state index contributed by atoms with van der Waals surface area (Å²) in [6, 6.07) is 10.1. The lowest BCUT2D eigenvalue weighted by Gasteiger charge is -2.16. The fraction of sp³-hybridized carbons (Fsp3) is 0.222. The Bertz CT molecular complexity index is 273. The number of halogens is 1. The van der Waals surface area contributed by atoms with Crippen LogP contribution in [0.4, 0.5) is 5.69 Å². The van der Waals surface area contributed by atoms with Gasteiger partial charge in [0, 0.05) is 0 Å². The lowest BCUT2D eigenvalue weighted by Crippen LogP contribution is -2.26. The van der Waals surface area contributed by atoms with E-state index in [1.807, 2.05) is 41.7 Å². The number of benzene rings is 1. The summed E-state index contributed by atoms with van der Waals surface area (Å²) in [5.74, 6) is 0. The van der Waals surface area contributed by atoms with Gasteiger partial charge in [0.1, 0.15) is 6.34 Å². The number of hydrazine groups is 1. The molecule has 0 unspecified atom stereocenters. The number of aliphatic imine (C=N–C) groups is 1. The normalized spacial score (nSPS) is 14.0. The summed E-state index contributed by atoms with van der Waals surface area (Å²) in [6.45, 7) is 1.84. The Hall–Kier alpha value is -1.22. The third kappa shape index (κ3) is 2.63. The van der Waals surface area contributed by atoms with Crippen LogP contribution in [0.1, 0.15) is 0 Å². The average Bonchev–Trinajstić information content (AvgIpc) is 2.59. The molecule has 1 N–H and O–H groups in total. The zero-order chi connectivity index (χ0) is 8.23. The fourth-order valence-electron chi connectivity index (χ4n) is 1.14. The zero-order valence-electron chi connectivity index (χ0n) is 7.18. The van der Waals surface area contributed by atoms with Gasteiger partial charge >= 0.3 is 0 Å². The van der Waals surface area contributed by atoms with Crippen molar-refractivity contribution in [2.45, 2.75) is 0 Å². The third-order valence-corrected chi connectivity index (χ3v) is 1.74. The van der Waals surface area contributed by atoms with Gasteiger partial charge in [0.05, 0.1) is 18.8 Å². The summed E-state index contributed by atoms with van der Waals surface area (Å²) >= 11 is 0. The van der Waals surface area contributed by atoms with Gasteiger partial charge < -0.3 is 0 Å². The molecular formula is C9H12ClN3. The molecule has 0 saturated carbocycles. The van der Waals surface area contributed by atoms with Crippen molar-refractivity contribution < 1.29 is 0 Å². The Balaban J connectivity index is 0.000000845. The van der Waals surface area contributed by atoms with Crippen molar-refractivity contribution in [2.24, 2.45) is 4.99 Å². The molecule has 1 aromatic carbocycles. The van der Waals surface area contributed by atoms with Crippen LogP contribution in [0.5, 0.6) is 0 Å². The predicted molar refractivity (Wildman–Crippen MR) is 57.4 cm³/mol. The molecule has 0 amide bonds. The van der Waals surface area contributed by atoms with Gasteiger partial charge in [-0.25, -0.2) is 0 Å². The number of para-hydroxylation sites is 1. The number of nitrogens with one attached hydrogen (secondary N) is 1. The lowest BCUT2D eigenvalue weighted by atomic mass is 10.3. The highest BCUT2D eigenvalue weighted by Gasteiger charge is 2.03. The van der Waals surface area contributed by atoms with E-state index in [2.05, 4.69) is 10.4 Å². The summed E-state index contributed by atoms with van der Waals surface area (Å²) in [5, 5.41) is 1.98. The Labute approximate surface area is 83.8 Å². The fourth-order valence-corrected chi connectivity index (χ4v) is 1.14. The van der Waals surface area contributed by atoms with E-state index in [0.717, 1.165) is 18.8 Å². The molecule has 70 valence electrons. The van der Waals surface area contributed by atoms with E-state index in [1.54, 1.807) is 0 Å². The first kappa shape index (κ1) is 9.86. The Morgan fingerprint density at radius 2 is 2.00 bits per heavy atom. The average molecular weight is 198 g/mol. The first-order chi connectivity index (χ1) is 5.95. The molecule has 4 heteroatoms. The minimum absolute atomic E-state index is 0. The molecule has 2 rings (SSSR count). The molecule has 0 bridgehead atoms. The molecular weight excluding hydrogens is 186 g/mol. The van der Waals surface area contributed by atoms with Crippen LogP contribution in [0.3, 0.4) is 0 Å². The second-order valence-electron chi connectivity index (χ2n) is 2.69. The van der Waals surface area contributed by atoms with Crippen molar-refractivity contribution in [2.75, 3.05) is 18.5 Å². The van der Waals surface area contributed by atoms with Crippen LogP contribution in [0, 0.1) is 0 Å². The topological polar surface area (TPSA) is 27.6 Å². The number of rotatable bonds is 2. The van der Waals surface area contributed by atoms with Gasteiger partial charge in [0.25, 0.3) is 0 Å². The van der Waals surface area contributed by atoms with Gasteiger partial charge in [-0.2, -0.15) is 0 Å². The maximum absolute atomic E-state index is 4.10. The Morgan fingerprint density at radius 1 is 1.23 bits per heavy atom. The molecule has 0 spiro atoms. The van der Waals surface area contributed by atoms with Crippen molar-refractivity contribution in [3.63, 3.8) is 0 Å². The van der Waals surface area contributed by atoms with Gasteiger partial charge in [-0.3, -0.25) is 15.4 Å². The molecule has 0 aliphatic carbocycles. The number of hydrogen-bond acceptors (Lipinski definition) is 3. The van der Waals surface area contributed by atoms with E-state index in [4.69, 9.17) is 0 Å². The smallest absolute Gasteiger partial charge is 0.104 e. The summed E-state index contributed by atoms with van der Waals surface area (Å²) in [7, 11) is 0. The van der Waals surface area contributed by atoms with Gasteiger partial charge in [-0.15, -0.1) is 12.4 Å². The van der Waals surface area contributed by atoms with E-state index in [9.17, 15) is 0 Å². The molecule has 3 nitrogen and oxygen atoms in total. The van der Waals surface area contributed by atoms with Gasteiger partial charge in [-0.05, 0) is 12.1 Å².